The number of ether oxygens (including phenoxy) is 2. The first-order chi connectivity index (χ1) is 22.3. The molecule has 6 rings (SSSR count). The number of hydrogen-bond donors (Lipinski definition) is 1. The molecule has 10 nitrogen and oxygen atoms in total. The summed E-state index contributed by atoms with van der Waals surface area (Å²) in [6.07, 6.45) is 0. The number of methoxy groups -OCH3 is 2. The van der Waals surface area contributed by atoms with Crippen molar-refractivity contribution in [2.45, 2.75) is 23.6 Å². The summed E-state index contributed by atoms with van der Waals surface area (Å²) in [5.74, 6) is -1.03. The highest BCUT2D eigenvalue weighted by Gasteiger charge is 2.26. The molecular weight excluding hydrogens is 664 g/mol. The van der Waals surface area contributed by atoms with Gasteiger partial charge in [0.05, 0.1) is 29.5 Å². The number of rotatable bonds is 5. The average Bonchev–Trinajstić information content (AvgIpc) is 3.66. The number of H-pyrrole nitrogens is 1. The monoisotopic (exact) mass is 694 g/mol. The van der Waals surface area contributed by atoms with E-state index in [1.807, 2.05) is 38.1 Å². The van der Waals surface area contributed by atoms with Crippen LogP contribution in [-0.2, 0) is 28.5 Å². The van der Waals surface area contributed by atoms with Gasteiger partial charge in [0, 0.05) is 27.0 Å². The number of hydrogen-bond acceptors (Lipinski definition) is 8. The van der Waals surface area contributed by atoms with Crippen LogP contribution in [0.3, 0.4) is 0 Å². The highest BCUT2D eigenvalue weighted by molar-refractivity contribution is 8.13. The molecule has 0 spiro atoms. The predicted molar refractivity (Wildman–Crippen MR) is 181 cm³/mol. The molecule has 0 saturated carbocycles. The second-order valence-electron chi connectivity index (χ2n) is 10.2. The number of aryl methyl sites for hydroxylation is 2. The molecule has 0 saturated heterocycles. The van der Waals surface area contributed by atoms with Crippen molar-refractivity contribution in [1.29, 1.82) is 0 Å². The highest BCUT2D eigenvalue weighted by atomic mass is 35.7. The van der Waals surface area contributed by atoms with E-state index in [1.54, 1.807) is 54.6 Å². The van der Waals surface area contributed by atoms with E-state index in [4.69, 9.17) is 15.4 Å². The van der Waals surface area contributed by atoms with Crippen LogP contribution in [0.5, 0.6) is 0 Å². The van der Waals surface area contributed by atoms with E-state index < -0.39 is 25.0 Å². The lowest BCUT2D eigenvalue weighted by molar-refractivity contribution is 0.0585. The number of carbonyl (C=O) groups excluding carboxylic acids is 2. The first-order valence-electron chi connectivity index (χ1n) is 13.9. The number of fused-ring (bicyclic) bond motifs is 2. The lowest BCUT2D eigenvalue weighted by Crippen LogP contribution is -2.19. The van der Waals surface area contributed by atoms with E-state index in [0.29, 0.717) is 16.6 Å². The lowest BCUT2D eigenvalue weighted by Gasteiger charge is -2.11. The van der Waals surface area contributed by atoms with Gasteiger partial charge in [0.2, 0.25) is 0 Å². The van der Waals surface area contributed by atoms with Gasteiger partial charge in [-0.05, 0) is 74.5 Å². The maximum Gasteiger partial charge on any atom is 0.355 e. The molecular formula is C34H31ClN2O8S2. The first kappa shape index (κ1) is 35.0. The molecule has 0 radical (unpaired) electrons. The molecule has 2 heterocycles. The summed E-state index contributed by atoms with van der Waals surface area (Å²) in [4.78, 5) is 26.5. The van der Waals surface area contributed by atoms with Crippen molar-refractivity contribution < 1.29 is 35.9 Å². The van der Waals surface area contributed by atoms with Crippen molar-refractivity contribution in [1.82, 2.24) is 8.96 Å². The fourth-order valence-electron chi connectivity index (χ4n) is 4.57. The fraction of sp³-hybridized carbons (Fsp3) is 0.118. The van der Waals surface area contributed by atoms with Crippen molar-refractivity contribution in [2.75, 3.05) is 14.2 Å². The van der Waals surface area contributed by atoms with Crippen LogP contribution < -0.4 is 0 Å². The Bertz CT molecular complexity index is 2260. The predicted octanol–water partition coefficient (Wildman–Crippen LogP) is 6.85. The Labute approximate surface area is 277 Å². The zero-order valence-electron chi connectivity index (χ0n) is 25.8. The second-order valence-corrected chi connectivity index (χ2v) is 14.5. The minimum Gasteiger partial charge on any atom is -0.464 e. The Kier molecular flexibility index (Phi) is 10.9. The Balaban J connectivity index is 0.000000177. The number of esters is 2. The summed E-state index contributed by atoms with van der Waals surface area (Å²) in [6, 6.07) is 30.5. The van der Waals surface area contributed by atoms with Crippen LogP contribution >= 0.6 is 10.7 Å². The quantitative estimate of drug-likeness (QED) is 0.153. The Morgan fingerprint density at radius 3 is 1.72 bits per heavy atom. The summed E-state index contributed by atoms with van der Waals surface area (Å²) in [5, 5.41) is 1.70. The van der Waals surface area contributed by atoms with E-state index in [-0.39, 0.29) is 21.5 Å². The number of halogens is 1. The molecule has 244 valence electrons. The third-order valence-corrected chi connectivity index (χ3v) is 9.91. The minimum atomic E-state index is -3.91. The Morgan fingerprint density at radius 2 is 1.19 bits per heavy atom. The molecule has 0 aliphatic heterocycles. The number of aromatic amines is 1. The fourth-order valence-corrected chi connectivity index (χ4v) is 6.88. The van der Waals surface area contributed by atoms with Gasteiger partial charge in [-0.3, -0.25) is 0 Å². The van der Waals surface area contributed by atoms with Gasteiger partial charge in [0.1, 0.15) is 11.4 Å². The molecule has 0 fully saturated rings. The van der Waals surface area contributed by atoms with E-state index in [9.17, 15) is 26.4 Å². The van der Waals surface area contributed by atoms with Crippen LogP contribution in [-0.4, -0.2) is 52.0 Å². The Hall–Kier alpha value is -4.91. The summed E-state index contributed by atoms with van der Waals surface area (Å²) in [5.41, 5.74) is 4.02. The summed E-state index contributed by atoms with van der Waals surface area (Å²) >= 11 is 0. The molecule has 2 aromatic heterocycles. The van der Waals surface area contributed by atoms with E-state index >= 15 is 0 Å². The standard InChI is InChI=1S/C17H15NO4S.C11H11NO2.C6H5ClO2S/c1-12-8-9-15-13(10-12)11-16(17(19)22-2)18(15)23(20,21)14-6-4-3-5-7-14;1-7-3-4-9-8(5-7)6-10(12-9)11(13)14-2;7-10(8,9)6-4-2-1-3-5-6/h3-11H,1-2H3;3-6,12H,1-2H3;1-5H. The molecule has 0 atom stereocenters. The van der Waals surface area contributed by atoms with E-state index in [1.165, 1.54) is 50.1 Å². The second kappa shape index (κ2) is 14.7. The van der Waals surface area contributed by atoms with Gasteiger partial charge >= 0.3 is 11.9 Å². The molecule has 0 aliphatic carbocycles. The van der Waals surface area contributed by atoms with Crippen molar-refractivity contribution in [2.24, 2.45) is 0 Å². The van der Waals surface area contributed by atoms with Gasteiger partial charge in [-0.15, -0.1) is 0 Å². The van der Waals surface area contributed by atoms with Crippen molar-refractivity contribution in [3.63, 3.8) is 0 Å². The van der Waals surface area contributed by atoms with Crippen molar-refractivity contribution >= 4 is 63.5 Å². The third kappa shape index (κ3) is 8.28. The zero-order chi connectivity index (χ0) is 34.4. The normalized spacial score (nSPS) is 11.2. The largest absolute Gasteiger partial charge is 0.464 e. The number of aromatic nitrogens is 2. The van der Waals surface area contributed by atoms with Crippen LogP contribution in [0.2, 0.25) is 0 Å². The maximum atomic E-state index is 13.0. The number of nitrogens with one attached hydrogen (secondary N) is 1. The minimum absolute atomic E-state index is 0.0167. The van der Waals surface area contributed by atoms with Crippen LogP contribution in [0.25, 0.3) is 21.8 Å². The number of benzene rings is 4. The number of nitrogens with zero attached hydrogens (tertiary/aromatic N) is 1. The van der Waals surface area contributed by atoms with E-state index in [0.717, 1.165) is 20.4 Å². The summed E-state index contributed by atoms with van der Waals surface area (Å²) in [6.45, 7) is 3.92. The van der Waals surface area contributed by atoms with Gasteiger partial charge in [-0.25, -0.2) is 30.4 Å². The average molecular weight is 695 g/mol. The molecule has 13 heteroatoms. The third-order valence-electron chi connectivity index (χ3n) is 6.80. The van der Waals surface area contributed by atoms with Gasteiger partial charge in [-0.2, -0.15) is 0 Å². The van der Waals surface area contributed by atoms with Gasteiger partial charge in [0.15, 0.2) is 0 Å². The molecule has 47 heavy (non-hydrogen) atoms. The molecule has 6 aromatic rings. The molecule has 0 aliphatic rings. The van der Waals surface area contributed by atoms with Crippen LogP contribution in [0.4, 0.5) is 0 Å². The van der Waals surface area contributed by atoms with Gasteiger partial charge in [-0.1, -0.05) is 59.7 Å². The number of carbonyl (C=O) groups is 2. The molecule has 0 amide bonds. The van der Waals surface area contributed by atoms with E-state index in [2.05, 4.69) is 9.72 Å². The smallest absolute Gasteiger partial charge is 0.355 e. The van der Waals surface area contributed by atoms with Crippen LogP contribution in [0.1, 0.15) is 32.1 Å². The molecule has 0 unspecified atom stereocenters. The van der Waals surface area contributed by atoms with Crippen LogP contribution in [0, 0.1) is 13.8 Å². The SMILES string of the molecule is COC(=O)c1cc2cc(C)ccc2[nH]1.COC(=O)c1cc2cc(C)ccc2n1S(=O)(=O)c1ccccc1.O=S(=O)(Cl)c1ccccc1. The van der Waals surface area contributed by atoms with Crippen molar-refractivity contribution in [3.05, 3.63) is 132 Å². The highest BCUT2D eigenvalue weighted by Crippen LogP contribution is 2.27. The van der Waals surface area contributed by atoms with Gasteiger partial charge < -0.3 is 14.5 Å². The first-order valence-corrected chi connectivity index (χ1v) is 17.7. The summed E-state index contributed by atoms with van der Waals surface area (Å²) < 4.78 is 57.6. The topological polar surface area (TPSA) is 142 Å². The van der Waals surface area contributed by atoms with Gasteiger partial charge in [0.25, 0.3) is 19.1 Å². The zero-order valence-corrected chi connectivity index (χ0v) is 28.2. The molecule has 4 aromatic carbocycles. The lowest BCUT2D eigenvalue weighted by atomic mass is 10.2. The maximum absolute atomic E-state index is 13.0. The van der Waals surface area contributed by atoms with Crippen LogP contribution in [0.15, 0.2) is 119 Å². The molecule has 0 bridgehead atoms. The molecule has 1 N–H and O–H groups in total. The van der Waals surface area contributed by atoms with Crippen molar-refractivity contribution in [3.8, 4) is 0 Å². The summed E-state index contributed by atoms with van der Waals surface area (Å²) in [7, 11) is 0.196. The Morgan fingerprint density at radius 1 is 0.660 bits per heavy atom.